The molecule has 0 amide bonds. The summed E-state index contributed by atoms with van der Waals surface area (Å²) in [7, 11) is -3.59. The molecule has 0 saturated carbocycles. The van der Waals surface area contributed by atoms with Gasteiger partial charge in [0.05, 0.1) is 27.3 Å². The van der Waals surface area contributed by atoms with Gasteiger partial charge in [0.2, 0.25) is 15.8 Å². The Morgan fingerprint density at radius 3 is 2.36 bits per heavy atom. The maximum atomic E-state index is 12.8. The third kappa shape index (κ3) is 5.43. The van der Waals surface area contributed by atoms with Crippen molar-refractivity contribution in [3.8, 4) is 0 Å². The van der Waals surface area contributed by atoms with E-state index in [0.717, 1.165) is 0 Å². The van der Waals surface area contributed by atoms with Crippen LogP contribution in [0.25, 0.3) is 11.5 Å². The lowest BCUT2D eigenvalue weighted by Gasteiger charge is -2.26. The SMILES string of the molecule is O=S(=O)(c1ccc(NC(=S)/C(=C(\O)c2ccc(Cl)s2)[n+]2ccccc2)cc1)N1CCOCC1. The minimum atomic E-state index is -3.59. The highest BCUT2D eigenvalue weighted by molar-refractivity contribution is 7.89. The molecule has 1 fully saturated rings. The van der Waals surface area contributed by atoms with Crippen molar-refractivity contribution in [1.29, 1.82) is 0 Å². The molecule has 3 heterocycles. The summed E-state index contributed by atoms with van der Waals surface area (Å²) < 4.78 is 34.6. The number of anilines is 1. The predicted molar refractivity (Wildman–Crippen MR) is 134 cm³/mol. The number of morpholine rings is 1. The largest absolute Gasteiger partial charge is 0.501 e. The van der Waals surface area contributed by atoms with Gasteiger partial charge in [0.25, 0.3) is 5.70 Å². The van der Waals surface area contributed by atoms with Gasteiger partial charge in [-0.05, 0) is 36.4 Å². The first-order valence-corrected chi connectivity index (χ1v) is 13.1. The number of benzene rings is 1. The molecular formula is C22H21ClN3O4S3+. The Hall–Kier alpha value is -2.34. The van der Waals surface area contributed by atoms with E-state index in [4.69, 9.17) is 28.6 Å². The minimum Gasteiger partial charge on any atom is -0.501 e. The number of halogens is 1. The summed E-state index contributed by atoms with van der Waals surface area (Å²) in [4.78, 5) is 1.03. The molecule has 2 aromatic heterocycles. The Labute approximate surface area is 206 Å². The van der Waals surface area contributed by atoms with E-state index < -0.39 is 10.0 Å². The van der Waals surface area contributed by atoms with Crippen molar-refractivity contribution in [2.45, 2.75) is 4.90 Å². The van der Waals surface area contributed by atoms with Crippen LogP contribution in [0.4, 0.5) is 5.69 Å². The van der Waals surface area contributed by atoms with Crippen LogP contribution in [0.2, 0.25) is 4.34 Å². The Morgan fingerprint density at radius 1 is 1.09 bits per heavy atom. The van der Waals surface area contributed by atoms with Gasteiger partial charge in [-0.15, -0.1) is 11.3 Å². The van der Waals surface area contributed by atoms with Gasteiger partial charge in [0.15, 0.2) is 17.4 Å². The van der Waals surface area contributed by atoms with E-state index in [1.165, 1.54) is 27.8 Å². The van der Waals surface area contributed by atoms with Gasteiger partial charge >= 0.3 is 0 Å². The molecule has 1 aliphatic heterocycles. The quantitative estimate of drug-likeness (QED) is 0.220. The predicted octanol–water partition coefficient (Wildman–Crippen LogP) is 4.03. The summed E-state index contributed by atoms with van der Waals surface area (Å²) in [6, 6.07) is 15.3. The van der Waals surface area contributed by atoms with Gasteiger partial charge in [-0.3, -0.25) is 0 Å². The van der Waals surface area contributed by atoms with Crippen molar-refractivity contribution < 1.29 is 22.8 Å². The van der Waals surface area contributed by atoms with Crippen molar-refractivity contribution in [3.05, 3.63) is 76.2 Å². The molecule has 33 heavy (non-hydrogen) atoms. The Kier molecular flexibility index (Phi) is 7.42. The Balaban J connectivity index is 1.60. The lowest BCUT2D eigenvalue weighted by Crippen LogP contribution is -2.40. The van der Waals surface area contributed by atoms with Crippen molar-refractivity contribution >= 4 is 67.3 Å². The van der Waals surface area contributed by atoms with Crippen LogP contribution in [0.5, 0.6) is 0 Å². The summed E-state index contributed by atoms with van der Waals surface area (Å²) in [6.45, 7) is 1.44. The van der Waals surface area contributed by atoms with E-state index in [1.54, 1.807) is 41.2 Å². The highest BCUT2D eigenvalue weighted by Crippen LogP contribution is 2.29. The third-order valence-corrected chi connectivity index (χ3v) is 8.39. The zero-order chi connectivity index (χ0) is 23.4. The summed E-state index contributed by atoms with van der Waals surface area (Å²) >= 11 is 12.9. The number of ether oxygens (including phenoxy) is 1. The zero-order valence-corrected chi connectivity index (χ0v) is 20.6. The Bertz CT molecular complexity index is 1270. The van der Waals surface area contributed by atoms with Gasteiger partial charge in [0.1, 0.15) is 0 Å². The summed E-state index contributed by atoms with van der Waals surface area (Å²) in [5.74, 6) is -0.0212. The second-order valence-corrected chi connectivity index (χ2v) is 11.1. The monoisotopic (exact) mass is 522 g/mol. The molecule has 7 nitrogen and oxygen atoms in total. The second kappa shape index (κ2) is 10.3. The topological polar surface area (TPSA) is 82.8 Å². The molecule has 0 radical (unpaired) electrons. The molecular weight excluding hydrogens is 502 g/mol. The van der Waals surface area contributed by atoms with Crippen LogP contribution in [0, 0.1) is 0 Å². The van der Waals surface area contributed by atoms with E-state index in [1.807, 2.05) is 18.2 Å². The highest BCUT2D eigenvalue weighted by atomic mass is 35.5. The van der Waals surface area contributed by atoms with Crippen LogP contribution in [0.3, 0.4) is 0 Å². The number of aliphatic hydroxyl groups is 1. The molecule has 1 saturated heterocycles. The van der Waals surface area contributed by atoms with Crippen molar-refractivity contribution in [1.82, 2.24) is 4.31 Å². The number of rotatable bonds is 6. The number of hydrogen-bond acceptors (Lipinski definition) is 6. The highest BCUT2D eigenvalue weighted by Gasteiger charge is 2.27. The van der Waals surface area contributed by atoms with Crippen molar-refractivity contribution in [2.24, 2.45) is 0 Å². The third-order valence-electron chi connectivity index (χ3n) is 4.94. The van der Waals surface area contributed by atoms with Crippen LogP contribution in [0.15, 0.2) is 71.9 Å². The molecule has 0 bridgehead atoms. The number of nitrogens with one attached hydrogen (secondary N) is 1. The van der Waals surface area contributed by atoms with Crippen molar-refractivity contribution in [2.75, 3.05) is 31.6 Å². The van der Waals surface area contributed by atoms with Gasteiger partial charge < -0.3 is 15.2 Å². The number of nitrogens with zero attached hydrogens (tertiary/aromatic N) is 2. The fourth-order valence-electron chi connectivity index (χ4n) is 3.29. The van der Waals surface area contributed by atoms with Crippen LogP contribution in [-0.2, 0) is 14.8 Å². The Morgan fingerprint density at radius 2 is 1.76 bits per heavy atom. The molecule has 0 atom stereocenters. The first-order chi connectivity index (χ1) is 15.9. The standard InChI is InChI=1S/C22H20ClN3O4S3/c23-19-9-8-18(32-19)21(27)20(25-10-2-1-3-11-25)22(31)24-16-4-6-17(7-5-16)33(28,29)26-12-14-30-15-13-26/h1-11H,12-15H2,(H-,24,27,31)/p+1. The van der Waals surface area contributed by atoms with Crippen LogP contribution in [0.1, 0.15) is 4.88 Å². The molecule has 3 aromatic rings. The normalized spacial score (nSPS) is 15.7. The van der Waals surface area contributed by atoms with E-state index in [2.05, 4.69) is 5.32 Å². The van der Waals surface area contributed by atoms with E-state index in [-0.39, 0.29) is 15.6 Å². The van der Waals surface area contributed by atoms with E-state index in [0.29, 0.717) is 46.9 Å². The average Bonchev–Trinajstić information content (AvgIpc) is 3.27. The second-order valence-electron chi connectivity index (χ2n) is 7.08. The first-order valence-electron chi connectivity index (χ1n) is 10.0. The maximum absolute atomic E-state index is 12.8. The van der Waals surface area contributed by atoms with Gasteiger partial charge in [-0.2, -0.15) is 8.87 Å². The molecule has 0 aliphatic carbocycles. The number of aromatic nitrogens is 1. The van der Waals surface area contributed by atoms with Crippen LogP contribution >= 0.6 is 35.2 Å². The van der Waals surface area contributed by atoms with Crippen LogP contribution in [-0.4, -0.2) is 49.1 Å². The maximum Gasteiger partial charge on any atom is 0.289 e. The molecule has 0 spiro atoms. The van der Waals surface area contributed by atoms with E-state index in [9.17, 15) is 13.5 Å². The van der Waals surface area contributed by atoms with Gasteiger partial charge in [-0.1, -0.05) is 29.9 Å². The molecule has 2 N–H and O–H groups in total. The summed E-state index contributed by atoms with van der Waals surface area (Å²) in [6.07, 6.45) is 3.54. The van der Waals surface area contributed by atoms with Crippen molar-refractivity contribution in [3.63, 3.8) is 0 Å². The zero-order valence-electron chi connectivity index (χ0n) is 17.3. The number of sulfonamides is 1. The summed E-state index contributed by atoms with van der Waals surface area (Å²) in [5.41, 5.74) is 0.959. The lowest BCUT2D eigenvalue weighted by atomic mass is 10.2. The fourth-order valence-corrected chi connectivity index (χ4v) is 6.01. The van der Waals surface area contributed by atoms with Crippen LogP contribution < -0.4 is 9.88 Å². The molecule has 1 aliphatic rings. The molecule has 11 heteroatoms. The molecule has 4 rings (SSSR count). The molecule has 0 unspecified atom stereocenters. The first kappa shape index (κ1) is 23.8. The summed E-state index contributed by atoms with van der Waals surface area (Å²) in [5, 5.41) is 14.1. The lowest BCUT2D eigenvalue weighted by molar-refractivity contribution is -0.575. The van der Waals surface area contributed by atoms with Gasteiger partial charge in [-0.25, -0.2) is 8.42 Å². The molecule has 172 valence electrons. The smallest absolute Gasteiger partial charge is 0.289 e. The number of hydrogen-bond donors (Lipinski definition) is 2. The minimum absolute atomic E-state index is 0.0212. The average molecular weight is 523 g/mol. The van der Waals surface area contributed by atoms with Gasteiger partial charge in [0, 0.05) is 30.9 Å². The number of aliphatic hydroxyl groups excluding tert-OH is 1. The number of pyridine rings is 1. The molecule has 1 aromatic carbocycles. The number of thiocarbonyl (C=S) groups is 1. The fraction of sp³-hybridized carbons (Fsp3) is 0.182. The number of thiophene rings is 1. The van der Waals surface area contributed by atoms with E-state index >= 15 is 0 Å².